The number of amides is 1. The van der Waals surface area contributed by atoms with Crippen molar-refractivity contribution < 1.29 is 32.6 Å². The van der Waals surface area contributed by atoms with Crippen molar-refractivity contribution in [1.82, 2.24) is 4.98 Å². The van der Waals surface area contributed by atoms with E-state index in [-0.39, 0.29) is 35.9 Å². The molecule has 0 saturated carbocycles. The van der Waals surface area contributed by atoms with Crippen LogP contribution in [0.5, 0.6) is 0 Å². The third kappa shape index (κ3) is 5.19. The van der Waals surface area contributed by atoms with E-state index in [2.05, 4.69) is 15.3 Å². The number of benzene rings is 1. The Morgan fingerprint density at radius 3 is 2.66 bits per heavy atom. The van der Waals surface area contributed by atoms with Gasteiger partial charge in [0, 0.05) is 17.4 Å². The molecule has 1 aromatic carbocycles. The van der Waals surface area contributed by atoms with E-state index in [0.29, 0.717) is 0 Å². The third-order valence-corrected chi connectivity index (χ3v) is 4.49. The minimum atomic E-state index is -3.55. The van der Waals surface area contributed by atoms with E-state index in [1.807, 2.05) is 6.07 Å². The molecule has 0 spiro atoms. The van der Waals surface area contributed by atoms with Crippen LogP contribution in [-0.4, -0.2) is 47.4 Å². The number of anilines is 1. The predicted molar refractivity (Wildman–Crippen MR) is 107 cm³/mol. The highest BCUT2D eigenvalue weighted by atomic mass is 19.3. The van der Waals surface area contributed by atoms with E-state index in [0.717, 1.165) is 19.1 Å². The van der Waals surface area contributed by atoms with E-state index in [9.17, 15) is 18.0 Å². The Labute approximate surface area is 180 Å². The lowest BCUT2D eigenvalue weighted by molar-refractivity contribution is -0.122. The molecular formula is C20H18F3N5O4. The third-order valence-electron chi connectivity index (χ3n) is 4.49. The lowest BCUT2D eigenvalue weighted by Gasteiger charge is -2.33. The summed E-state index contributed by atoms with van der Waals surface area (Å²) in [5, 5.41) is 18.1. The molecule has 12 heteroatoms. The van der Waals surface area contributed by atoms with E-state index in [4.69, 9.17) is 25.6 Å². The fourth-order valence-corrected chi connectivity index (χ4v) is 2.85. The first-order chi connectivity index (χ1) is 15.1. The molecular weight excluding hydrogens is 431 g/mol. The summed E-state index contributed by atoms with van der Waals surface area (Å²) in [4.78, 5) is 28.4. The van der Waals surface area contributed by atoms with Crippen molar-refractivity contribution in [3.05, 3.63) is 59.2 Å². The number of aromatic nitrogens is 1. The smallest absolute Gasteiger partial charge is 0.299 e. The molecule has 0 fully saturated rings. The molecule has 1 aliphatic rings. The monoisotopic (exact) mass is 449 g/mol. The summed E-state index contributed by atoms with van der Waals surface area (Å²) >= 11 is 0. The van der Waals surface area contributed by atoms with E-state index < -0.39 is 35.4 Å². The van der Waals surface area contributed by atoms with Crippen molar-refractivity contribution in [3.8, 4) is 6.07 Å². The van der Waals surface area contributed by atoms with E-state index in [1.165, 1.54) is 24.4 Å². The van der Waals surface area contributed by atoms with Crippen LogP contribution >= 0.6 is 0 Å². The first-order valence-electron chi connectivity index (χ1n) is 8.93. The highest BCUT2D eigenvalue weighted by Gasteiger charge is 2.54. The van der Waals surface area contributed by atoms with Crippen molar-refractivity contribution in [2.24, 2.45) is 10.7 Å². The number of nitrogens with two attached hydrogens (primary N) is 1. The minimum Gasteiger partial charge on any atom is -0.483 e. The largest absolute Gasteiger partial charge is 0.483 e. The van der Waals surface area contributed by atoms with Crippen molar-refractivity contribution in [2.45, 2.75) is 18.4 Å². The van der Waals surface area contributed by atoms with Gasteiger partial charge in [0.15, 0.2) is 5.54 Å². The second-order valence-electron chi connectivity index (χ2n) is 6.67. The van der Waals surface area contributed by atoms with Gasteiger partial charge in [-0.15, -0.1) is 0 Å². The summed E-state index contributed by atoms with van der Waals surface area (Å²) in [6.45, 7) is -0.479. The van der Waals surface area contributed by atoms with E-state index in [1.54, 1.807) is 0 Å². The topological polar surface area (TPSA) is 151 Å². The molecule has 1 amide bonds. The number of ether oxygens (including phenoxy) is 1. The number of rotatable bonds is 3. The number of carbonyl (C=O) groups is 2. The zero-order valence-corrected chi connectivity index (χ0v) is 16.7. The van der Waals surface area contributed by atoms with Gasteiger partial charge in [-0.05, 0) is 37.3 Å². The Balaban J connectivity index is 0.00000114. The van der Waals surface area contributed by atoms with Crippen LogP contribution in [0.15, 0.2) is 41.5 Å². The van der Waals surface area contributed by atoms with Gasteiger partial charge in [0.25, 0.3) is 18.3 Å². The number of amidine groups is 1. The number of nitrogens with one attached hydrogen (secondary N) is 1. The minimum absolute atomic E-state index is 0.00320. The second kappa shape index (κ2) is 9.88. The number of carboxylic acid groups (broad SMARTS) is 1. The number of carbonyl (C=O) groups excluding carboxylic acids is 1. The van der Waals surface area contributed by atoms with Gasteiger partial charge in [-0.3, -0.25) is 14.6 Å². The Morgan fingerprint density at radius 2 is 2.06 bits per heavy atom. The SMILES string of the molecule is CC1(c2cc(NC(=O)c3ccc(C#N)cn3)ccc2F)N=C(N)COCC1(F)F.O=CO. The predicted octanol–water partition coefficient (Wildman–Crippen LogP) is 2.28. The van der Waals surface area contributed by atoms with Crippen LogP contribution in [0, 0.1) is 17.1 Å². The number of hydrogen-bond donors (Lipinski definition) is 3. The number of nitrogens with zero attached hydrogens (tertiary/aromatic N) is 3. The highest BCUT2D eigenvalue weighted by molar-refractivity contribution is 6.02. The average Bonchev–Trinajstić information content (AvgIpc) is 2.85. The van der Waals surface area contributed by atoms with Crippen molar-refractivity contribution in [2.75, 3.05) is 18.5 Å². The molecule has 32 heavy (non-hydrogen) atoms. The van der Waals surface area contributed by atoms with Gasteiger partial charge in [0.2, 0.25) is 0 Å². The highest BCUT2D eigenvalue weighted by Crippen LogP contribution is 2.44. The first kappa shape index (κ1) is 24.3. The van der Waals surface area contributed by atoms with Crippen LogP contribution in [0.25, 0.3) is 0 Å². The maximum atomic E-state index is 14.7. The normalized spacial score (nSPS) is 19.3. The number of alkyl halides is 2. The molecule has 0 saturated heterocycles. The molecule has 2 heterocycles. The van der Waals surface area contributed by atoms with E-state index >= 15 is 0 Å². The summed E-state index contributed by atoms with van der Waals surface area (Å²) in [6.07, 6.45) is 1.22. The van der Waals surface area contributed by atoms with Gasteiger partial charge in [0.1, 0.15) is 36.6 Å². The fraction of sp³-hybridized carbons (Fsp3) is 0.250. The molecule has 0 bridgehead atoms. The van der Waals surface area contributed by atoms with Crippen molar-refractivity contribution >= 4 is 23.9 Å². The zero-order valence-electron chi connectivity index (χ0n) is 16.7. The van der Waals surface area contributed by atoms with Crippen molar-refractivity contribution in [3.63, 3.8) is 0 Å². The van der Waals surface area contributed by atoms with Gasteiger partial charge >= 0.3 is 0 Å². The van der Waals surface area contributed by atoms with Crippen LogP contribution in [0.3, 0.4) is 0 Å². The van der Waals surface area contributed by atoms with Gasteiger partial charge in [0.05, 0.1) is 5.56 Å². The molecule has 3 rings (SSSR count). The Hall–Kier alpha value is -3.98. The average molecular weight is 449 g/mol. The molecule has 1 atom stereocenters. The van der Waals surface area contributed by atoms with Crippen molar-refractivity contribution in [1.29, 1.82) is 5.26 Å². The van der Waals surface area contributed by atoms with Crippen LogP contribution in [0.1, 0.15) is 28.5 Å². The summed E-state index contributed by atoms with van der Waals surface area (Å²) < 4.78 is 48.7. The lowest BCUT2D eigenvalue weighted by Crippen LogP contribution is -2.45. The number of nitriles is 1. The molecule has 1 unspecified atom stereocenters. The van der Waals surface area contributed by atoms with Gasteiger partial charge in [-0.1, -0.05) is 0 Å². The number of halogens is 3. The Bertz CT molecular complexity index is 1070. The molecule has 1 aromatic heterocycles. The lowest BCUT2D eigenvalue weighted by atomic mass is 9.85. The van der Waals surface area contributed by atoms with Gasteiger partial charge < -0.3 is 20.9 Å². The van der Waals surface area contributed by atoms with Crippen LogP contribution in [-0.2, 0) is 15.1 Å². The molecule has 4 N–H and O–H groups in total. The molecule has 2 aromatic rings. The number of pyridine rings is 1. The molecule has 9 nitrogen and oxygen atoms in total. The second-order valence-corrected chi connectivity index (χ2v) is 6.67. The Morgan fingerprint density at radius 1 is 1.38 bits per heavy atom. The van der Waals surface area contributed by atoms with Crippen LogP contribution < -0.4 is 11.1 Å². The van der Waals surface area contributed by atoms with Crippen LogP contribution in [0.2, 0.25) is 0 Å². The van der Waals surface area contributed by atoms with Gasteiger partial charge in [-0.2, -0.15) is 5.26 Å². The molecule has 168 valence electrons. The fourth-order valence-electron chi connectivity index (χ4n) is 2.85. The summed E-state index contributed by atoms with van der Waals surface area (Å²) in [6, 6.07) is 7.87. The molecule has 0 radical (unpaired) electrons. The first-order valence-corrected chi connectivity index (χ1v) is 8.93. The van der Waals surface area contributed by atoms with Gasteiger partial charge in [-0.25, -0.2) is 18.2 Å². The number of aliphatic imine (C=N–C) groups is 1. The number of hydrogen-bond acceptors (Lipinski definition) is 7. The summed E-state index contributed by atoms with van der Waals surface area (Å²) in [5.74, 6) is -5.33. The maximum absolute atomic E-state index is 14.7. The standard InChI is InChI=1S/C19H16F3N5O2.CH2O2/c1-18(19(21,22)10-29-9-16(24)27-18)13-6-12(3-4-14(13)20)26-17(28)15-5-2-11(7-23)8-25-15;2-1-3/h2-6,8H,9-10H2,1H3,(H2,24,27)(H,26,28);1H,(H,2,3). The quantitative estimate of drug-likeness (QED) is 0.608. The summed E-state index contributed by atoms with van der Waals surface area (Å²) in [5.41, 5.74) is 3.16. The zero-order chi connectivity index (χ0) is 23.9. The molecule has 0 aliphatic carbocycles. The maximum Gasteiger partial charge on any atom is 0.299 e. The summed E-state index contributed by atoms with van der Waals surface area (Å²) in [7, 11) is 0. The Kier molecular flexibility index (Phi) is 7.50. The van der Waals surface area contributed by atoms with Crippen LogP contribution in [0.4, 0.5) is 18.9 Å². The molecule has 1 aliphatic heterocycles.